The van der Waals surface area contributed by atoms with Crippen molar-refractivity contribution in [3.8, 4) is 0 Å². The number of hydrogen-bond donors (Lipinski definition) is 1. The summed E-state index contributed by atoms with van der Waals surface area (Å²) in [5.41, 5.74) is 3.00. The third-order valence-electron chi connectivity index (χ3n) is 5.94. The Balaban J connectivity index is 1.75. The Morgan fingerprint density at radius 1 is 1.27 bits per heavy atom. The molecule has 1 aromatic heterocycles. The van der Waals surface area contributed by atoms with Crippen LogP contribution in [0.1, 0.15) is 47.8 Å². The highest BCUT2D eigenvalue weighted by Crippen LogP contribution is 2.35. The van der Waals surface area contributed by atoms with Gasteiger partial charge in [0.25, 0.3) is 5.91 Å². The van der Waals surface area contributed by atoms with Gasteiger partial charge in [-0.25, -0.2) is 4.39 Å². The lowest BCUT2D eigenvalue weighted by molar-refractivity contribution is -0.149. The van der Waals surface area contributed by atoms with Gasteiger partial charge in [0, 0.05) is 38.1 Å². The van der Waals surface area contributed by atoms with Gasteiger partial charge in [0.05, 0.1) is 24.6 Å². The van der Waals surface area contributed by atoms with E-state index in [0.717, 1.165) is 16.5 Å². The van der Waals surface area contributed by atoms with Gasteiger partial charge in [-0.1, -0.05) is 19.9 Å². The second-order valence-corrected chi connectivity index (χ2v) is 8.67. The molecule has 2 amide bonds. The molecule has 1 fully saturated rings. The highest BCUT2D eigenvalue weighted by Gasteiger charge is 2.32. The average molecular weight is 413 g/mol. The molecule has 0 saturated carbocycles. The molecule has 30 heavy (non-hydrogen) atoms. The lowest BCUT2D eigenvalue weighted by Crippen LogP contribution is -2.46. The van der Waals surface area contributed by atoms with Gasteiger partial charge in [0.1, 0.15) is 5.69 Å². The van der Waals surface area contributed by atoms with Crippen LogP contribution in [0.15, 0.2) is 18.2 Å². The standard InChI is InChI=1S/C23H28FN3O3/c1-13(2)16-8-17(14-6-5-7-27(10-14)22(28)15-11-30-12-15)20(24)21-18(16)9-19(25-21)23(29)26(3)4/h6,8-9,13,15,25H,5,7,10-12H2,1-4H3. The number of H-pyrrole nitrogens is 1. The first-order chi connectivity index (χ1) is 14.3. The van der Waals surface area contributed by atoms with Crippen molar-refractivity contribution in [3.05, 3.63) is 40.8 Å². The third kappa shape index (κ3) is 3.51. The maximum Gasteiger partial charge on any atom is 0.269 e. The number of fused-ring (bicyclic) bond motifs is 1. The SMILES string of the molecule is CC(C)c1cc(C2=CCCN(C(=O)C3COC3)C2)c(F)c2[nH]c(C(=O)N(C)C)cc12. The smallest absolute Gasteiger partial charge is 0.269 e. The van der Waals surface area contributed by atoms with Crippen molar-refractivity contribution >= 4 is 28.3 Å². The number of amides is 2. The minimum absolute atomic E-state index is 0.0779. The van der Waals surface area contributed by atoms with Crippen LogP contribution in [0.3, 0.4) is 0 Å². The zero-order valence-corrected chi connectivity index (χ0v) is 17.9. The highest BCUT2D eigenvalue weighted by molar-refractivity contribution is 6.00. The fourth-order valence-corrected chi connectivity index (χ4v) is 4.12. The van der Waals surface area contributed by atoms with Crippen LogP contribution in [0.4, 0.5) is 4.39 Å². The normalized spacial score (nSPS) is 17.3. The lowest BCUT2D eigenvalue weighted by Gasteiger charge is -2.34. The first-order valence-electron chi connectivity index (χ1n) is 10.4. The van der Waals surface area contributed by atoms with Crippen molar-refractivity contribution in [3.63, 3.8) is 0 Å². The van der Waals surface area contributed by atoms with Crippen LogP contribution < -0.4 is 0 Å². The van der Waals surface area contributed by atoms with Crippen LogP contribution in [-0.4, -0.2) is 67.0 Å². The van der Waals surface area contributed by atoms with Crippen LogP contribution in [-0.2, 0) is 9.53 Å². The summed E-state index contributed by atoms with van der Waals surface area (Å²) in [6.07, 6.45) is 2.71. The maximum absolute atomic E-state index is 15.6. The van der Waals surface area contributed by atoms with E-state index in [4.69, 9.17) is 4.74 Å². The van der Waals surface area contributed by atoms with Crippen LogP contribution in [0, 0.1) is 11.7 Å². The van der Waals surface area contributed by atoms with Crippen molar-refractivity contribution in [2.24, 2.45) is 5.92 Å². The minimum Gasteiger partial charge on any atom is -0.380 e. The molecule has 1 N–H and O–H groups in total. The summed E-state index contributed by atoms with van der Waals surface area (Å²) >= 11 is 0. The minimum atomic E-state index is -0.375. The molecule has 0 atom stereocenters. The van der Waals surface area contributed by atoms with E-state index in [2.05, 4.69) is 18.8 Å². The van der Waals surface area contributed by atoms with E-state index in [0.29, 0.717) is 49.5 Å². The molecule has 2 aromatic rings. The van der Waals surface area contributed by atoms with Gasteiger partial charge in [-0.2, -0.15) is 0 Å². The molecular weight excluding hydrogens is 385 g/mol. The number of aromatic nitrogens is 1. The fraction of sp³-hybridized carbons (Fsp3) is 0.478. The summed E-state index contributed by atoms with van der Waals surface area (Å²) in [6.45, 7) is 6.08. The summed E-state index contributed by atoms with van der Waals surface area (Å²) in [6, 6.07) is 3.62. The number of rotatable bonds is 4. The molecule has 7 heteroatoms. The predicted octanol–water partition coefficient (Wildman–Crippen LogP) is 3.39. The van der Waals surface area contributed by atoms with E-state index in [1.165, 1.54) is 4.90 Å². The van der Waals surface area contributed by atoms with Gasteiger partial charge in [-0.3, -0.25) is 9.59 Å². The summed E-state index contributed by atoms with van der Waals surface area (Å²) < 4.78 is 20.8. The molecule has 1 saturated heterocycles. The first kappa shape index (κ1) is 20.6. The number of hydrogen-bond acceptors (Lipinski definition) is 3. The van der Waals surface area contributed by atoms with Gasteiger partial charge < -0.3 is 19.5 Å². The van der Waals surface area contributed by atoms with E-state index in [1.54, 1.807) is 25.1 Å². The second-order valence-electron chi connectivity index (χ2n) is 8.67. The monoisotopic (exact) mass is 413 g/mol. The van der Waals surface area contributed by atoms with Crippen LogP contribution in [0.2, 0.25) is 0 Å². The van der Waals surface area contributed by atoms with E-state index in [-0.39, 0.29) is 29.5 Å². The summed E-state index contributed by atoms with van der Waals surface area (Å²) in [7, 11) is 3.34. The molecule has 2 aliphatic heterocycles. The van der Waals surface area contributed by atoms with Gasteiger partial charge in [-0.15, -0.1) is 0 Å². The quantitative estimate of drug-likeness (QED) is 0.836. The van der Waals surface area contributed by atoms with Crippen LogP contribution in [0.5, 0.6) is 0 Å². The summed E-state index contributed by atoms with van der Waals surface area (Å²) in [4.78, 5) is 31.3. The molecule has 0 unspecified atom stereocenters. The van der Waals surface area contributed by atoms with E-state index in [9.17, 15) is 9.59 Å². The predicted molar refractivity (Wildman–Crippen MR) is 114 cm³/mol. The van der Waals surface area contributed by atoms with Crippen molar-refractivity contribution in [2.75, 3.05) is 40.4 Å². The second kappa shape index (κ2) is 7.87. The maximum atomic E-state index is 15.6. The van der Waals surface area contributed by atoms with E-state index in [1.807, 2.05) is 12.1 Å². The zero-order chi connectivity index (χ0) is 21.6. The molecule has 4 rings (SSSR count). The van der Waals surface area contributed by atoms with Gasteiger partial charge in [0.2, 0.25) is 5.91 Å². The largest absolute Gasteiger partial charge is 0.380 e. The molecule has 1 aromatic carbocycles. The number of carbonyl (C=O) groups excluding carboxylic acids is 2. The van der Waals surface area contributed by atoms with Crippen molar-refractivity contribution < 1.29 is 18.7 Å². The third-order valence-corrected chi connectivity index (χ3v) is 5.94. The molecule has 3 heterocycles. The molecular formula is C23H28FN3O3. The molecule has 6 nitrogen and oxygen atoms in total. The van der Waals surface area contributed by atoms with Crippen molar-refractivity contribution in [2.45, 2.75) is 26.2 Å². The summed E-state index contributed by atoms with van der Waals surface area (Å²) in [5.74, 6) is -0.418. The van der Waals surface area contributed by atoms with Crippen molar-refractivity contribution in [1.82, 2.24) is 14.8 Å². The Morgan fingerprint density at radius 3 is 2.60 bits per heavy atom. The Bertz CT molecular complexity index is 1030. The van der Waals surface area contributed by atoms with E-state index < -0.39 is 0 Å². The van der Waals surface area contributed by atoms with Gasteiger partial charge >= 0.3 is 0 Å². The number of ether oxygens (including phenoxy) is 1. The number of aromatic amines is 1. The number of benzene rings is 1. The summed E-state index contributed by atoms with van der Waals surface area (Å²) in [5, 5.41) is 0.729. The Morgan fingerprint density at radius 2 is 2.00 bits per heavy atom. The Hall–Kier alpha value is -2.67. The van der Waals surface area contributed by atoms with Gasteiger partial charge in [0.15, 0.2) is 5.82 Å². The number of nitrogens with one attached hydrogen (secondary N) is 1. The van der Waals surface area contributed by atoms with Crippen LogP contribution in [0.25, 0.3) is 16.5 Å². The van der Waals surface area contributed by atoms with Crippen LogP contribution >= 0.6 is 0 Å². The molecule has 0 bridgehead atoms. The number of carbonyl (C=O) groups is 2. The fourth-order valence-electron chi connectivity index (χ4n) is 4.12. The number of halogens is 1. The first-order valence-corrected chi connectivity index (χ1v) is 10.4. The highest BCUT2D eigenvalue weighted by atomic mass is 19.1. The topological polar surface area (TPSA) is 65.6 Å². The van der Waals surface area contributed by atoms with Gasteiger partial charge in [-0.05, 0) is 35.6 Å². The molecule has 160 valence electrons. The molecule has 0 radical (unpaired) electrons. The Labute approximate surface area is 175 Å². The molecule has 0 spiro atoms. The zero-order valence-electron chi connectivity index (χ0n) is 17.9. The van der Waals surface area contributed by atoms with Crippen molar-refractivity contribution in [1.29, 1.82) is 0 Å². The average Bonchev–Trinajstić information content (AvgIpc) is 3.11. The molecule has 0 aliphatic carbocycles. The molecule has 2 aliphatic rings. The van der Waals surface area contributed by atoms with E-state index >= 15 is 4.39 Å². The lowest BCUT2D eigenvalue weighted by atomic mass is 9.91. The number of nitrogens with zero attached hydrogens (tertiary/aromatic N) is 2. The Kier molecular flexibility index (Phi) is 5.40.